The van der Waals surface area contributed by atoms with E-state index in [-0.39, 0.29) is 23.3 Å². The minimum atomic E-state index is 0.111. The quantitative estimate of drug-likeness (QED) is 0.877. The van der Waals surface area contributed by atoms with Crippen LogP contribution in [0.25, 0.3) is 0 Å². The van der Waals surface area contributed by atoms with E-state index in [0.29, 0.717) is 12.5 Å². The molecule has 2 atom stereocenters. The van der Waals surface area contributed by atoms with Crippen molar-refractivity contribution in [1.82, 2.24) is 10.5 Å². The fraction of sp³-hybridized carbons (Fsp3) is 0.765. The van der Waals surface area contributed by atoms with Gasteiger partial charge in [0.15, 0.2) is 5.76 Å². The molecule has 1 amide bonds. The van der Waals surface area contributed by atoms with Gasteiger partial charge in [0, 0.05) is 25.1 Å². The van der Waals surface area contributed by atoms with Gasteiger partial charge < -0.3 is 14.6 Å². The van der Waals surface area contributed by atoms with Gasteiger partial charge >= 0.3 is 0 Å². The number of nitrogens with one attached hydrogen (secondary N) is 1. The normalized spacial score (nSPS) is 27.0. The van der Waals surface area contributed by atoms with Crippen molar-refractivity contribution in [3.8, 4) is 0 Å². The number of aromatic nitrogens is 1. The van der Waals surface area contributed by atoms with Crippen molar-refractivity contribution >= 4 is 5.91 Å². The summed E-state index contributed by atoms with van der Waals surface area (Å²) in [6.07, 6.45) is 5.24. The highest BCUT2D eigenvalue weighted by Gasteiger charge is 2.49. The lowest BCUT2D eigenvalue weighted by molar-refractivity contribution is -0.132. The van der Waals surface area contributed by atoms with Crippen LogP contribution < -0.4 is 5.32 Å². The molecule has 0 saturated heterocycles. The van der Waals surface area contributed by atoms with Gasteiger partial charge in [-0.05, 0) is 37.0 Å². The summed E-state index contributed by atoms with van der Waals surface area (Å²) >= 11 is 0. The zero-order valence-electron chi connectivity index (χ0n) is 13.7. The van der Waals surface area contributed by atoms with Crippen LogP contribution in [0.1, 0.15) is 51.0 Å². The number of methoxy groups -OCH3 is 1. The maximum atomic E-state index is 12.1. The third-order valence-electron chi connectivity index (χ3n) is 5.61. The van der Waals surface area contributed by atoms with Gasteiger partial charge in [-0.1, -0.05) is 25.4 Å². The highest BCUT2D eigenvalue weighted by Crippen LogP contribution is 2.48. The monoisotopic (exact) mass is 306 g/mol. The minimum Gasteiger partial charge on any atom is -0.377 e. The highest BCUT2D eigenvalue weighted by atomic mass is 16.5. The van der Waals surface area contributed by atoms with Crippen LogP contribution in [0.2, 0.25) is 0 Å². The van der Waals surface area contributed by atoms with Crippen LogP contribution >= 0.6 is 0 Å². The standard InChI is InChI=1S/C17H26N2O3/c1-17(2)12(7-13-9-14(10-21-3)22-19-13)8-15(17)18-16(20)11-5-4-6-11/h9,11-12,15H,4-8,10H2,1-3H3,(H,18,20). The molecule has 2 saturated carbocycles. The number of hydrogen-bond donors (Lipinski definition) is 1. The van der Waals surface area contributed by atoms with E-state index in [1.165, 1.54) is 6.42 Å². The number of rotatable bonds is 6. The Bertz CT molecular complexity index is 534. The molecule has 5 heteroatoms. The summed E-state index contributed by atoms with van der Waals surface area (Å²) < 4.78 is 10.3. The topological polar surface area (TPSA) is 64.4 Å². The van der Waals surface area contributed by atoms with Crippen molar-refractivity contribution in [1.29, 1.82) is 0 Å². The first-order valence-corrected chi connectivity index (χ1v) is 8.24. The van der Waals surface area contributed by atoms with Gasteiger partial charge in [-0.3, -0.25) is 4.79 Å². The van der Waals surface area contributed by atoms with E-state index < -0.39 is 0 Å². The fourth-order valence-corrected chi connectivity index (χ4v) is 3.48. The fourth-order valence-electron chi connectivity index (χ4n) is 3.48. The van der Waals surface area contributed by atoms with Crippen LogP contribution in [-0.2, 0) is 22.6 Å². The summed E-state index contributed by atoms with van der Waals surface area (Å²) in [6.45, 7) is 4.94. The average Bonchev–Trinajstić information content (AvgIpc) is 2.83. The van der Waals surface area contributed by atoms with Gasteiger partial charge in [0.25, 0.3) is 0 Å². The second-order valence-electron chi connectivity index (χ2n) is 7.36. The zero-order chi connectivity index (χ0) is 15.7. The van der Waals surface area contributed by atoms with E-state index in [0.717, 1.165) is 37.1 Å². The van der Waals surface area contributed by atoms with E-state index in [4.69, 9.17) is 9.26 Å². The Morgan fingerprint density at radius 3 is 2.86 bits per heavy atom. The van der Waals surface area contributed by atoms with Crippen LogP contribution in [0.4, 0.5) is 0 Å². The zero-order valence-corrected chi connectivity index (χ0v) is 13.7. The summed E-state index contributed by atoms with van der Waals surface area (Å²) in [7, 11) is 1.65. The molecule has 3 rings (SSSR count). The smallest absolute Gasteiger partial charge is 0.223 e. The molecular weight excluding hydrogens is 280 g/mol. The molecule has 1 N–H and O–H groups in total. The SMILES string of the molecule is COCc1cc(CC2CC(NC(=O)C3CCC3)C2(C)C)no1. The van der Waals surface area contributed by atoms with E-state index >= 15 is 0 Å². The molecular formula is C17H26N2O3. The molecule has 1 heterocycles. The number of nitrogens with zero attached hydrogens (tertiary/aromatic N) is 1. The van der Waals surface area contributed by atoms with Crippen LogP contribution in [0, 0.1) is 17.3 Å². The first kappa shape index (κ1) is 15.5. The Morgan fingerprint density at radius 1 is 1.50 bits per heavy atom. The van der Waals surface area contributed by atoms with Gasteiger partial charge in [0.2, 0.25) is 5.91 Å². The van der Waals surface area contributed by atoms with Crippen LogP contribution in [0.15, 0.2) is 10.6 Å². The first-order valence-electron chi connectivity index (χ1n) is 8.24. The molecule has 5 nitrogen and oxygen atoms in total. The van der Waals surface area contributed by atoms with Crippen molar-refractivity contribution in [3.05, 3.63) is 17.5 Å². The molecule has 0 aromatic carbocycles. The van der Waals surface area contributed by atoms with Crippen molar-refractivity contribution < 1.29 is 14.1 Å². The van der Waals surface area contributed by atoms with Crippen molar-refractivity contribution in [2.45, 2.75) is 58.6 Å². The van der Waals surface area contributed by atoms with E-state index in [1.807, 2.05) is 6.07 Å². The first-order chi connectivity index (χ1) is 10.5. The Hall–Kier alpha value is -1.36. The van der Waals surface area contributed by atoms with Gasteiger partial charge in [-0.25, -0.2) is 0 Å². The van der Waals surface area contributed by atoms with Crippen LogP contribution in [-0.4, -0.2) is 24.2 Å². The lowest BCUT2D eigenvalue weighted by Crippen LogP contribution is -2.59. The van der Waals surface area contributed by atoms with Crippen LogP contribution in [0.3, 0.4) is 0 Å². The lowest BCUT2D eigenvalue weighted by atomic mass is 9.57. The molecule has 0 bridgehead atoms. The third-order valence-corrected chi connectivity index (χ3v) is 5.61. The number of carbonyl (C=O) groups excluding carboxylic acids is 1. The van der Waals surface area contributed by atoms with E-state index in [1.54, 1.807) is 7.11 Å². The predicted octanol–water partition coefficient (Wildman–Crippen LogP) is 2.69. The van der Waals surface area contributed by atoms with Crippen molar-refractivity contribution in [2.24, 2.45) is 17.3 Å². The molecule has 22 heavy (non-hydrogen) atoms. The Kier molecular flexibility index (Phi) is 4.26. The second-order valence-corrected chi connectivity index (χ2v) is 7.36. The molecule has 0 radical (unpaired) electrons. The van der Waals surface area contributed by atoms with Gasteiger partial charge in [0.1, 0.15) is 6.61 Å². The summed E-state index contributed by atoms with van der Waals surface area (Å²) in [5.74, 6) is 1.82. The molecule has 1 aromatic heterocycles. The lowest BCUT2D eigenvalue weighted by Gasteiger charge is -2.52. The molecule has 2 aliphatic carbocycles. The molecule has 0 aliphatic heterocycles. The number of ether oxygens (including phenoxy) is 1. The van der Waals surface area contributed by atoms with Gasteiger partial charge in [0.05, 0.1) is 5.69 Å². The van der Waals surface area contributed by atoms with Gasteiger partial charge in [-0.2, -0.15) is 0 Å². The molecule has 2 fully saturated rings. The average molecular weight is 306 g/mol. The second kappa shape index (κ2) is 6.03. The van der Waals surface area contributed by atoms with E-state index in [9.17, 15) is 4.79 Å². The summed E-state index contributed by atoms with van der Waals surface area (Å²) in [6, 6.07) is 2.26. The summed E-state index contributed by atoms with van der Waals surface area (Å²) in [5, 5.41) is 7.36. The van der Waals surface area contributed by atoms with E-state index in [2.05, 4.69) is 24.3 Å². The summed E-state index contributed by atoms with van der Waals surface area (Å²) in [5.41, 5.74) is 1.09. The Balaban J connectivity index is 1.52. The maximum absolute atomic E-state index is 12.1. The Morgan fingerprint density at radius 2 is 2.27 bits per heavy atom. The summed E-state index contributed by atoms with van der Waals surface area (Å²) in [4.78, 5) is 12.1. The van der Waals surface area contributed by atoms with Crippen LogP contribution in [0.5, 0.6) is 0 Å². The number of carbonyl (C=O) groups is 1. The predicted molar refractivity (Wildman–Crippen MR) is 82.1 cm³/mol. The maximum Gasteiger partial charge on any atom is 0.223 e. The highest BCUT2D eigenvalue weighted by molar-refractivity contribution is 5.79. The number of hydrogen-bond acceptors (Lipinski definition) is 4. The largest absolute Gasteiger partial charge is 0.377 e. The van der Waals surface area contributed by atoms with Crippen molar-refractivity contribution in [3.63, 3.8) is 0 Å². The number of amides is 1. The molecule has 122 valence electrons. The molecule has 2 aliphatic rings. The molecule has 1 aromatic rings. The molecule has 2 unspecified atom stereocenters. The minimum absolute atomic E-state index is 0.111. The van der Waals surface area contributed by atoms with Crippen molar-refractivity contribution in [2.75, 3.05) is 7.11 Å². The van der Waals surface area contributed by atoms with Gasteiger partial charge in [-0.15, -0.1) is 0 Å². The third kappa shape index (κ3) is 2.91. The Labute approximate surface area is 131 Å². The molecule has 0 spiro atoms.